The first-order valence-corrected chi connectivity index (χ1v) is 6.34. The lowest BCUT2D eigenvalue weighted by Gasteiger charge is -2.21. The number of aromatic nitrogens is 5. The summed E-state index contributed by atoms with van der Waals surface area (Å²) in [5.41, 5.74) is 0.841. The van der Waals surface area contributed by atoms with Gasteiger partial charge >= 0.3 is 0 Å². The lowest BCUT2D eigenvalue weighted by molar-refractivity contribution is 0.394. The monoisotopic (exact) mass is 244 g/mol. The van der Waals surface area contributed by atoms with Crippen LogP contribution >= 0.6 is 0 Å². The maximum absolute atomic E-state index is 4.39. The fourth-order valence-electron chi connectivity index (χ4n) is 2.23. The number of piperidine rings is 1. The van der Waals surface area contributed by atoms with Crippen LogP contribution in [0.4, 0.5) is 0 Å². The van der Waals surface area contributed by atoms with Gasteiger partial charge in [-0.05, 0) is 36.7 Å². The lowest BCUT2D eigenvalue weighted by atomic mass is 10.0. The Bertz CT molecular complexity index is 488. The number of pyridine rings is 1. The van der Waals surface area contributed by atoms with E-state index in [0.717, 1.165) is 24.5 Å². The van der Waals surface area contributed by atoms with Gasteiger partial charge in [-0.2, -0.15) is 0 Å². The summed E-state index contributed by atoms with van der Waals surface area (Å²) in [6, 6.07) is 4.27. The SMILES string of the molecule is c1cncc(-n2nnc(CC3CCCCN3)n2)c1. The summed E-state index contributed by atoms with van der Waals surface area (Å²) in [6.45, 7) is 1.10. The average molecular weight is 244 g/mol. The van der Waals surface area contributed by atoms with Crippen molar-refractivity contribution in [2.45, 2.75) is 31.7 Å². The van der Waals surface area contributed by atoms with Crippen LogP contribution in [0.3, 0.4) is 0 Å². The van der Waals surface area contributed by atoms with Gasteiger partial charge in [0.15, 0.2) is 5.82 Å². The Hall–Kier alpha value is -1.82. The van der Waals surface area contributed by atoms with Gasteiger partial charge in [-0.3, -0.25) is 4.98 Å². The van der Waals surface area contributed by atoms with Gasteiger partial charge in [0, 0.05) is 18.7 Å². The van der Waals surface area contributed by atoms with Gasteiger partial charge in [0.1, 0.15) is 5.69 Å². The summed E-state index contributed by atoms with van der Waals surface area (Å²) >= 11 is 0. The fraction of sp³-hybridized carbons (Fsp3) is 0.500. The molecule has 0 aromatic carbocycles. The van der Waals surface area contributed by atoms with Crippen molar-refractivity contribution in [2.75, 3.05) is 6.54 Å². The van der Waals surface area contributed by atoms with Gasteiger partial charge in [0.2, 0.25) is 0 Å². The smallest absolute Gasteiger partial charge is 0.176 e. The molecule has 0 bridgehead atoms. The molecule has 94 valence electrons. The van der Waals surface area contributed by atoms with E-state index in [0.29, 0.717) is 6.04 Å². The van der Waals surface area contributed by atoms with Crippen molar-refractivity contribution < 1.29 is 0 Å². The van der Waals surface area contributed by atoms with Crippen molar-refractivity contribution in [2.24, 2.45) is 0 Å². The van der Waals surface area contributed by atoms with Crippen LogP contribution in [0.1, 0.15) is 25.1 Å². The van der Waals surface area contributed by atoms with E-state index >= 15 is 0 Å². The molecule has 0 saturated carbocycles. The largest absolute Gasteiger partial charge is 0.314 e. The highest BCUT2D eigenvalue weighted by Gasteiger charge is 2.15. The van der Waals surface area contributed by atoms with Crippen molar-refractivity contribution in [3.05, 3.63) is 30.4 Å². The molecular weight excluding hydrogens is 228 g/mol. The molecule has 1 fully saturated rings. The molecule has 0 radical (unpaired) electrons. The first-order chi connectivity index (χ1) is 8.92. The highest BCUT2D eigenvalue weighted by Crippen LogP contribution is 2.10. The van der Waals surface area contributed by atoms with E-state index in [4.69, 9.17) is 0 Å². The maximum atomic E-state index is 4.39. The second kappa shape index (κ2) is 5.22. The zero-order chi connectivity index (χ0) is 12.2. The van der Waals surface area contributed by atoms with E-state index in [-0.39, 0.29) is 0 Å². The number of nitrogens with zero attached hydrogens (tertiary/aromatic N) is 5. The zero-order valence-electron chi connectivity index (χ0n) is 10.2. The first-order valence-electron chi connectivity index (χ1n) is 6.34. The third-order valence-corrected chi connectivity index (χ3v) is 3.17. The number of nitrogens with one attached hydrogen (secondary N) is 1. The minimum atomic E-state index is 0.491. The first kappa shape index (κ1) is 11.3. The maximum Gasteiger partial charge on any atom is 0.176 e. The zero-order valence-corrected chi connectivity index (χ0v) is 10.2. The quantitative estimate of drug-likeness (QED) is 0.862. The van der Waals surface area contributed by atoms with Gasteiger partial charge in [-0.1, -0.05) is 6.42 Å². The van der Waals surface area contributed by atoms with E-state index in [1.165, 1.54) is 24.1 Å². The summed E-state index contributed by atoms with van der Waals surface area (Å²) in [5.74, 6) is 0.790. The van der Waals surface area contributed by atoms with Gasteiger partial charge in [-0.25, -0.2) is 0 Å². The highest BCUT2D eigenvalue weighted by molar-refractivity contribution is 5.23. The van der Waals surface area contributed by atoms with Crippen LogP contribution in [0, 0.1) is 0 Å². The Kier molecular flexibility index (Phi) is 3.27. The van der Waals surface area contributed by atoms with Crippen molar-refractivity contribution in [3.63, 3.8) is 0 Å². The molecular formula is C12H16N6. The second-order valence-electron chi connectivity index (χ2n) is 4.56. The number of hydrogen-bond acceptors (Lipinski definition) is 5. The van der Waals surface area contributed by atoms with E-state index in [2.05, 4.69) is 25.7 Å². The highest BCUT2D eigenvalue weighted by atomic mass is 15.6. The van der Waals surface area contributed by atoms with E-state index in [1.54, 1.807) is 12.4 Å². The molecule has 3 rings (SSSR count). The van der Waals surface area contributed by atoms with Crippen LogP contribution in [-0.4, -0.2) is 37.8 Å². The van der Waals surface area contributed by atoms with Crippen molar-refractivity contribution in [3.8, 4) is 5.69 Å². The minimum absolute atomic E-state index is 0.491. The summed E-state index contributed by atoms with van der Waals surface area (Å²) in [4.78, 5) is 5.58. The normalized spacial score (nSPS) is 19.9. The second-order valence-corrected chi connectivity index (χ2v) is 4.56. The van der Waals surface area contributed by atoms with Gasteiger partial charge in [-0.15, -0.1) is 15.0 Å². The van der Waals surface area contributed by atoms with E-state index < -0.39 is 0 Å². The van der Waals surface area contributed by atoms with Crippen molar-refractivity contribution in [1.29, 1.82) is 0 Å². The lowest BCUT2D eigenvalue weighted by Crippen LogP contribution is -2.35. The van der Waals surface area contributed by atoms with Gasteiger partial charge < -0.3 is 5.32 Å². The molecule has 0 amide bonds. The van der Waals surface area contributed by atoms with Gasteiger partial charge in [0.05, 0.1) is 6.20 Å². The number of hydrogen-bond donors (Lipinski definition) is 1. The molecule has 3 heterocycles. The predicted molar refractivity (Wildman–Crippen MR) is 66.3 cm³/mol. The Balaban J connectivity index is 1.69. The summed E-state index contributed by atoms with van der Waals surface area (Å²) in [6.07, 6.45) is 8.06. The van der Waals surface area contributed by atoms with Crippen LogP contribution in [0.15, 0.2) is 24.5 Å². The molecule has 6 heteroatoms. The predicted octanol–water partition coefficient (Wildman–Crippen LogP) is 0.742. The Morgan fingerprint density at radius 2 is 2.39 bits per heavy atom. The Morgan fingerprint density at radius 1 is 1.39 bits per heavy atom. The molecule has 1 atom stereocenters. The molecule has 1 aliphatic heterocycles. The third-order valence-electron chi connectivity index (χ3n) is 3.17. The van der Waals surface area contributed by atoms with Crippen LogP contribution in [0.2, 0.25) is 0 Å². The van der Waals surface area contributed by atoms with Crippen LogP contribution in [-0.2, 0) is 6.42 Å². The summed E-state index contributed by atoms with van der Waals surface area (Å²) < 4.78 is 0. The Morgan fingerprint density at radius 3 is 3.17 bits per heavy atom. The fourth-order valence-corrected chi connectivity index (χ4v) is 2.23. The van der Waals surface area contributed by atoms with E-state index in [1.807, 2.05) is 12.1 Å². The molecule has 2 aromatic heterocycles. The van der Waals surface area contributed by atoms with Crippen molar-refractivity contribution in [1.82, 2.24) is 30.5 Å². The molecule has 2 aromatic rings. The van der Waals surface area contributed by atoms with Gasteiger partial charge in [0.25, 0.3) is 0 Å². The molecule has 0 spiro atoms. The Labute approximate surface area is 105 Å². The molecule has 1 saturated heterocycles. The molecule has 18 heavy (non-hydrogen) atoms. The molecule has 1 aliphatic rings. The number of rotatable bonds is 3. The average Bonchev–Trinajstić information content (AvgIpc) is 2.89. The number of tetrazole rings is 1. The van der Waals surface area contributed by atoms with Crippen molar-refractivity contribution >= 4 is 0 Å². The van der Waals surface area contributed by atoms with E-state index in [9.17, 15) is 0 Å². The summed E-state index contributed by atoms with van der Waals surface area (Å²) in [7, 11) is 0. The molecule has 1 N–H and O–H groups in total. The topological polar surface area (TPSA) is 68.5 Å². The summed E-state index contributed by atoms with van der Waals surface area (Å²) in [5, 5.41) is 16.0. The molecule has 1 unspecified atom stereocenters. The van der Waals surface area contributed by atoms with Crippen LogP contribution in [0.5, 0.6) is 0 Å². The standard InChI is InChI=1S/C12H16N6/c1-2-7-14-10(4-1)8-12-15-17-18(16-12)11-5-3-6-13-9-11/h3,5-6,9-10,14H,1-2,4,7-8H2. The van der Waals surface area contributed by atoms with Crippen LogP contribution < -0.4 is 5.32 Å². The third kappa shape index (κ3) is 2.53. The minimum Gasteiger partial charge on any atom is -0.314 e. The molecule has 0 aliphatic carbocycles. The molecule has 6 nitrogen and oxygen atoms in total. The van der Waals surface area contributed by atoms with Crippen LogP contribution in [0.25, 0.3) is 5.69 Å².